The lowest BCUT2D eigenvalue weighted by molar-refractivity contribution is -0.145. The van der Waals surface area contributed by atoms with E-state index in [4.69, 9.17) is 33.7 Å². The van der Waals surface area contributed by atoms with E-state index in [2.05, 4.69) is 17.6 Å². The summed E-state index contributed by atoms with van der Waals surface area (Å²) in [7, 11) is 0. The van der Waals surface area contributed by atoms with Crippen LogP contribution in [0.4, 0.5) is 5.69 Å². The maximum absolute atomic E-state index is 12.8. The highest BCUT2D eigenvalue weighted by molar-refractivity contribution is 6.35. The lowest BCUT2D eigenvalue weighted by Gasteiger charge is -2.33. The van der Waals surface area contributed by atoms with Gasteiger partial charge in [-0.1, -0.05) is 73.7 Å². The molecule has 33 heavy (non-hydrogen) atoms. The van der Waals surface area contributed by atoms with Crippen LogP contribution in [0.3, 0.4) is 0 Å². The summed E-state index contributed by atoms with van der Waals surface area (Å²) in [5.74, 6) is -0.504. The molecule has 0 radical (unpaired) electrons. The standard InChI is InChI=1S/C25H31Cl2N3O3/c1-2-3-4-5-10-33-25(32)22-14-21(24-19(27)12-18(26)13-20(24)29-22)30-23(31)11-16-6-8-17(15-28)9-7-16/h6-9,12-13,21-22,29H,2-5,10-11,14-15,28H2,1H3,(H,30,31). The molecule has 0 fully saturated rings. The number of carbonyl (C=O) groups excluding carboxylic acids is 2. The molecule has 2 aromatic carbocycles. The molecule has 0 bridgehead atoms. The number of nitrogens with two attached hydrogens (primary N) is 1. The van der Waals surface area contributed by atoms with Crippen molar-refractivity contribution in [3.05, 3.63) is 63.1 Å². The molecule has 0 saturated heterocycles. The van der Waals surface area contributed by atoms with Gasteiger partial charge >= 0.3 is 5.97 Å². The minimum Gasteiger partial charge on any atom is -0.464 e. The van der Waals surface area contributed by atoms with Gasteiger partial charge in [-0.05, 0) is 29.7 Å². The summed E-state index contributed by atoms with van der Waals surface area (Å²) in [5.41, 5.74) is 8.87. The second-order valence-corrected chi connectivity index (χ2v) is 9.17. The van der Waals surface area contributed by atoms with E-state index in [9.17, 15) is 9.59 Å². The van der Waals surface area contributed by atoms with E-state index in [0.717, 1.165) is 42.4 Å². The van der Waals surface area contributed by atoms with E-state index in [1.807, 2.05) is 24.3 Å². The number of rotatable bonds is 10. The van der Waals surface area contributed by atoms with Crippen LogP contribution < -0.4 is 16.4 Å². The zero-order valence-electron chi connectivity index (χ0n) is 18.8. The Bertz CT molecular complexity index is 966. The Labute approximate surface area is 205 Å². The van der Waals surface area contributed by atoms with Gasteiger partial charge < -0.3 is 21.1 Å². The first-order chi connectivity index (χ1) is 15.9. The topological polar surface area (TPSA) is 93.5 Å². The fourth-order valence-electron chi connectivity index (χ4n) is 3.97. The van der Waals surface area contributed by atoms with Crippen molar-refractivity contribution in [2.45, 2.75) is 64.1 Å². The van der Waals surface area contributed by atoms with Gasteiger partial charge in [0.25, 0.3) is 0 Å². The minimum absolute atomic E-state index is 0.161. The van der Waals surface area contributed by atoms with E-state index in [1.165, 1.54) is 0 Å². The van der Waals surface area contributed by atoms with Gasteiger partial charge in [-0.25, -0.2) is 4.79 Å². The van der Waals surface area contributed by atoms with Gasteiger partial charge in [0.05, 0.1) is 19.1 Å². The quantitative estimate of drug-likeness (QED) is 0.315. The van der Waals surface area contributed by atoms with Gasteiger partial charge in [0.15, 0.2) is 0 Å². The first kappa shape index (κ1) is 25.3. The van der Waals surface area contributed by atoms with Crippen LogP contribution in [-0.4, -0.2) is 24.5 Å². The smallest absolute Gasteiger partial charge is 0.328 e. The van der Waals surface area contributed by atoms with Gasteiger partial charge in [0, 0.05) is 34.3 Å². The van der Waals surface area contributed by atoms with Crippen molar-refractivity contribution in [3.63, 3.8) is 0 Å². The number of halogens is 2. The molecule has 2 aromatic rings. The van der Waals surface area contributed by atoms with Gasteiger partial charge in [0.2, 0.25) is 5.91 Å². The first-order valence-electron chi connectivity index (χ1n) is 11.4. The normalized spacial score (nSPS) is 17.1. The molecule has 8 heteroatoms. The van der Waals surface area contributed by atoms with Gasteiger partial charge in [-0.3, -0.25) is 4.79 Å². The van der Waals surface area contributed by atoms with Crippen LogP contribution in [0, 0.1) is 0 Å². The molecule has 0 aliphatic carbocycles. The number of carbonyl (C=O) groups is 2. The van der Waals surface area contributed by atoms with Crippen LogP contribution >= 0.6 is 23.2 Å². The molecule has 0 spiro atoms. The van der Waals surface area contributed by atoms with Crippen LogP contribution in [0.25, 0.3) is 0 Å². The molecule has 4 N–H and O–H groups in total. The summed E-state index contributed by atoms with van der Waals surface area (Å²) in [6.07, 6.45) is 4.65. The minimum atomic E-state index is -0.604. The number of nitrogens with one attached hydrogen (secondary N) is 2. The summed E-state index contributed by atoms with van der Waals surface area (Å²) in [5, 5.41) is 7.12. The Balaban J connectivity index is 1.70. The fourth-order valence-corrected chi connectivity index (χ4v) is 4.60. The highest BCUT2D eigenvalue weighted by Gasteiger charge is 2.34. The summed E-state index contributed by atoms with van der Waals surface area (Å²) >= 11 is 12.7. The van der Waals surface area contributed by atoms with Gasteiger partial charge in [-0.15, -0.1) is 0 Å². The van der Waals surface area contributed by atoms with E-state index >= 15 is 0 Å². The largest absolute Gasteiger partial charge is 0.464 e. The first-order valence-corrected chi connectivity index (χ1v) is 12.2. The number of unbranched alkanes of at least 4 members (excludes halogenated alkanes) is 3. The molecule has 0 aromatic heterocycles. The number of ether oxygens (including phenoxy) is 1. The molecule has 1 aliphatic heterocycles. The summed E-state index contributed by atoms with van der Waals surface area (Å²) in [6, 6.07) is 9.91. The van der Waals surface area contributed by atoms with Crippen molar-refractivity contribution in [1.82, 2.24) is 5.32 Å². The van der Waals surface area contributed by atoms with Crippen LogP contribution in [0.15, 0.2) is 36.4 Å². The number of esters is 1. The van der Waals surface area contributed by atoms with E-state index in [0.29, 0.717) is 35.3 Å². The van der Waals surface area contributed by atoms with Crippen LogP contribution in [0.1, 0.15) is 61.8 Å². The third-order valence-electron chi connectivity index (χ3n) is 5.73. The lowest BCUT2D eigenvalue weighted by atomic mass is 9.92. The summed E-state index contributed by atoms with van der Waals surface area (Å²) < 4.78 is 5.48. The van der Waals surface area contributed by atoms with Crippen molar-refractivity contribution in [3.8, 4) is 0 Å². The number of hydrogen-bond acceptors (Lipinski definition) is 5. The second kappa shape index (κ2) is 12.3. The summed E-state index contributed by atoms with van der Waals surface area (Å²) in [4.78, 5) is 25.6. The Morgan fingerprint density at radius 2 is 1.85 bits per heavy atom. The van der Waals surface area contributed by atoms with Crippen LogP contribution in [0.2, 0.25) is 10.0 Å². The Kier molecular flexibility index (Phi) is 9.41. The van der Waals surface area contributed by atoms with Crippen LogP contribution in [-0.2, 0) is 27.3 Å². The molecule has 178 valence electrons. The molecule has 2 atom stereocenters. The zero-order valence-corrected chi connectivity index (χ0v) is 20.3. The number of fused-ring (bicyclic) bond motifs is 1. The molecule has 2 unspecified atom stereocenters. The average molecular weight is 492 g/mol. The number of anilines is 1. The molecule has 6 nitrogen and oxygen atoms in total. The lowest BCUT2D eigenvalue weighted by Crippen LogP contribution is -2.42. The van der Waals surface area contributed by atoms with Crippen molar-refractivity contribution in [2.75, 3.05) is 11.9 Å². The van der Waals surface area contributed by atoms with Crippen LogP contribution in [0.5, 0.6) is 0 Å². The number of amides is 1. The third-order valence-corrected chi connectivity index (χ3v) is 6.26. The van der Waals surface area contributed by atoms with Crippen molar-refractivity contribution in [1.29, 1.82) is 0 Å². The maximum atomic E-state index is 12.8. The third kappa shape index (κ3) is 7.10. The molecule has 1 heterocycles. The second-order valence-electron chi connectivity index (χ2n) is 8.33. The van der Waals surface area contributed by atoms with Gasteiger partial charge in [0.1, 0.15) is 6.04 Å². The Morgan fingerprint density at radius 3 is 2.55 bits per heavy atom. The highest BCUT2D eigenvalue weighted by Crippen LogP contribution is 2.40. The fraction of sp³-hybridized carbons (Fsp3) is 0.440. The van der Waals surface area contributed by atoms with E-state index in [-0.39, 0.29) is 18.3 Å². The van der Waals surface area contributed by atoms with Crippen molar-refractivity contribution < 1.29 is 14.3 Å². The molecular weight excluding hydrogens is 461 g/mol. The molecule has 3 rings (SSSR count). The molecular formula is C25H31Cl2N3O3. The van der Waals surface area contributed by atoms with E-state index < -0.39 is 12.1 Å². The zero-order chi connectivity index (χ0) is 23.8. The molecule has 1 aliphatic rings. The maximum Gasteiger partial charge on any atom is 0.328 e. The highest BCUT2D eigenvalue weighted by atomic mass is 35.5. The number of benzene rings is 2. The predicted octanol–water partition coefficient (Wildman–Crippen LogP) is 5.16. The van der Waals surface area contributed by atoms with Gasteiger partial charge in [-0.2, -0.15) is 0 Å². The van der Waals surface area contributed by atoms with E-state index in [1.54, 1.807) is 12.1 Å². The Morgan fingerprint density at radius 1 is 1.12 bits per heavy atom. The molecule has 1 amide bonds. The van der Waals surface area contributed by atoms with Crippen molar-refractivity contribution in [2.24, 2.45) is 5.73 Å². The predicted molar refractivity (Wildman–Crippen MR) is 133 cm³/mol. The summed E-state index contributed by atoms with van der Waals surface area (Å²) in [6.45, 7) is 2.97. The Hall–Kier alpha value is -2.28. The average Bonchev–Trinajstić information content (AvgIpc) is 2.78. The SMILES string of the molecule is CCCCCCOC(=O)C1CC(NC(=O)Cc2ccc(CN)cc2)c2c(Cl)cc(Cl)cc2N1. The number of hydrogen-bond donors (Lipinski definition) is 3. The molecule has 0 saturated carbocycles. The van der Waals surface area contributed by atoms with Crippen molar-refractivity contribution >= 4 is 40.8 Å². The monoisotopic (exact) mass is 491 g/mol.